The van der Waals surface area contributed by atoms with Gasteiger partial charge in [-0.2, -0.15) is 0 Å². The van der Waals surface area contributed by atoms with Crippen LogP contribution in [-0.4, -0.2) is 11.0 Å². The normalized spacial score (nSPS) is 26.1. The minimum absolute atomic E-state index is 0.165. The monoisotopic (exact) mass is 292 g/mol. The van der Waals surface area contributed by atoms with E-state index in [0.717, 1.165) is 12.0 Å². The molecule has 0 heterocycles. The van der Waals surface area contributed by atoms with Gasteiger partial charge in [-0.25, -0.2) is 0 Å². The van der Waals surface area contributed by atoms with Crippen molar-refractivity contribution in [1.82, 2.24) is 0 Å². The molecule has 0 N–H and O–H groups in total. The van der Waals surface area contributed by atoms with E-state index >= 15 is 0 Å². The van der Waals surface area contributed by atoms with Crippen LogP contribution in [0.1, 0.15) is 59.8 Å². The highest BCUT2D eigenvalue weighted by atomic mass is 32.2. The summed E-state index contributed by atoms with van der Waals surface area (Å²) in [5.41, 5.74) is 0.852. The average molecular weight is 292 g/mol. The van der Waals surface area contributed by atoms with Gasteiger partial charge in [0.25, 0.3) is 0 Å². The highest BCUT2D eigenvalue weighted by Gasteiger charge is 2.12. The van der Waals surface area contributed by atoms with Gasteiger partial charge < -0.3 is 0 Å². The molecule has 0 spiro atoms. The number of ketones is 1. The minimum atomic E-state index is 0.165. The van der Waals surface area contributed by atoms with Crippen molar-refractivity contribution in [3.8, 4) is 0 Å². The van der Waals surface area contributed by atoms with Gasteiger partial charge in [-0.1, -0.05) is 51.8 Å². The molecule has 0 fully saturated rings. The zero-order chi connectivity index (χ0) is 15.0. The molecule has 0 aromatic heterocycles. The SMILES string of the molecule is CCCC(CCC)SC1=C/C(C)C/C=C(C(C)=O)/C=C\1. The number of rotatable bonds is 7. The van der Waals surface area contributed by atoms with E-state index in [0.29, 0.717) is 11.2 Å². The van der Waals surface area contributed by atoms with Crippen LogP contribution < -0.4 is 0 Å². The summed E-state index contributed by atoms with van der Waals surface area (Å²) in [6, 6.07) is 0. The molecule has 1 rings (SSSR count). The number of Topliss-reactive ketones (excluding diaryl/α,β-unsaturated/α-hetero) is 1. The maximum absolute atomic E-state index is 11.6. The molecule has 0 saturated heterocycles. The first-order valence-corrected chi connectivity index (χ1v) is 8.72. The van der Waals surface area contributed by atoms with E-state index in [4.69, 9.17) is 0 Å². The van der Waals surface area contributed by atoms with Gasteiger partial charge in [0.15, 0.2) is 5.78 Å². The van der Waals surface area contributed by atoms with Crippen molar-refractivity contribution in [1.29, 1.82) is 0 Å². The number of carbonyl (C=O) groups excluding carboxylic acids is 1. The zero-order valence-corrected chi connectivity index (χ0v) is 14.1. The van der Waals surface area contributed by atoms with Crippen LogP contribution in [0.4, 0.5) is 0 Å². The summed E-state index contributed by atoms with van der Waals surface area (Å²) >= 11 is 1.99. The van der Waals surface area contributed by atoms with Gasteiger partial charge in [0.1, 0.15) is 0 Å². The fourth-order valence-electron chi connectivity index (χ4n) is 2.40. The van der Waals surface area contributed by atoms with Crippen molar-refractivity contribution in [3.05, 3.63) is 34.8 Å². The molecule has 1 aliphatic carbocycles. The number of thioether (sulfide) groups is 1. The van der Waals surface area contributed by atoms with Crippen molar-refractivity contribution in [2.45, 2.75) is 65.0 Å². The van der Waals surface area contributed by atoms with E-state index in [2.05, 4.69) is 39.0 Å². The molecule has 0 aromatic rings. The highest BCUT2D eigenvalue weighted by Crippen LogP contribution is 2.32. The topological polar surface area (TPSA) is 17.1 Å². The molecular weight excluding hydrogens is 264 g/mol. The lowest BCUT2D eigenvalue weighted by Crippen LogP contribution is -2.03. The molecule has 1 aliphatic rings. The second-order valence-corrected chi connectivity index (χ2v) is 7.02. The Bertz CT molecular complexity index is 398. The molecule has 2 heteroatoms. The van der Waals surface area contributed by atoms with Crippen molar-refractivity contribution >= 4 is 17.5 Å². The summed E-state index contributed by atoms with van der Waals surface area (Å²) in [6.45, 7) is 8.38. The molecule has 112 valence electrons. The quantitative estimate of drug-likeness (QED) is 0.600. The molecule has 0 bridgehead atoms. The number of hydrogen-bond acceptors (Lipinski definition) is 2. The minimum Gasteiger partial charge on any atom is -0.295 e. The highest BCUT2D eigenvalue weighted by molar-refractivity contribution is 8.03. The molecule has 20 heavy (non-hydrogen) atoms. The van der Waals surface area contributed by atoms with Crippen LogP contribution >= 0.6 is 11.8 Å². The first-order valence-electron chi connectivity index (χ1n) is 7.84. The Labute approximate surface area is 128 Å². The third-order valence-electron chi connectivity index (χ3n) is 3.52. The van der Waals surface area contributed by atoms with Gasteiger partial charge in [0, 0.05) is 15.7 Å². The summed E-state index contributed by atoms with van der Waals surface area (Å²) in [4.78, 5) is 12.9. The fraction of sp³-hybridized carbons (Fsp3) is 0.611. The molecule has 0 saturated carbocycles. The summed E-state index contributed by atoms with van der Waals surface area (Å²) in [6.07, 6.45) is 14.5. The van der Waals surface area contributed by atoms with Gasteiger partial charge in [-0.15, -0.1) is 11.8 Å². The number of carbonyl (C=O) groups is 1. The van der Waals surface area contributed by atoms with Crippen LogP contribution in [0.15, 0.2) is 34.8 Å². The molecule has 1 nitrogen and oxygen atoms in total. The summed E-state index contributed by atoms with van der Waals surface area (Å²) < 4.78 is 0. The smallest absolute Gasteiger partial charge is 0.159 e. The Hall–Kier alpha value is -0.760. The van der Waals surface area contributed by atoms with Crippen molar-refractivity contribution in [2.24, 2.45) is 5.92 Å². The second kappa shape index (κ2) is 9.23. The number of allylic oxidation sites excluding steroid dienone is 5. The number of hydrogen-bond donors (Lipinski definition) is 0. The first-order chi connectivity index (χ1) is 9.56. The van der Waals surface area contributed by atoms with E-state index in [1.165, 1.54) is 30.6 Å². The molecule has 0 amide bonds. The van der Waals surface area contributed by atoms with E-state index in [1.807, 2.05) is 17.8 Å². The van der Waals surface area contributed by atoms with Gasteiger partial charge >= 0.3 is 0 Å². The largest absolute Gasteiger partial charge is 0.295 e. The second-order valence-electron chi connectivity index (χ2n) is 5.65. The lowest BCUT2D eigenvalue weighted by molar-refractivity contribution is -0.113. The summed E-state index contributed by atoms with van der Waals surface area (Å²) in [5, 5.41) is 0.706. The van der Waals surface area contributed by atoms with Crippen LogP contribution in [0.5, 0.6) is 0 Å². The van der Waals surface area contributed by atoms with E-state index in [9.17, 15) is 4.79 Å². The summed E-state index contributed by atoms with van der Waals surface area (Å²) in [7, 11) is 0. The standard InChI is InChI=1S/C18H28OS/c1-5-7-17(8-6-2)20-18-12-11-16(15(4)19)10-9-14(3)13-18/h10-14,17H,5-9H2,1-4H3/b12-11-,16-10-,18-13+. The lowest BCUT2D eigenvalue weighted by atomic mass is 10.0. The third kappa shape index (κ3) is 6.13. The maximum Gasteiger partial charge on any atom is 0.159 e. The van der Waals surface area contributed by atoms with Crippen molar-refractivity contribution in [3.63, 3.8) is 0 Å². The summed E-state index contributed by atoms with van der Waals surface area (Å²) in [5.74, 6) is 0.666. The molecule has 1 atom stereocenters. The predicted molar refractivity (Wildman–Crippen MR) is 91.0 cm³/mol. The Balaban J connectivity index is 2.81. The van der Waals surface area contributed by atoms with Gasteiger partial charge in [-0.05, 0) is 38.2 Å². The van der Waals surface area contributed by atoms with Gasteiger partial charge in [0.05, 0.1) is 0 Å². The molecule has 1 unspecified atom stereocenters. The molecule has 0 radical (unpaired) electrons. The van der Waals surface area contributed by atoms with Crippen LogP contribution in [0, 0.1) is 5.92 Å². The predicted octanol–water partition coefficient (Wildman–Crippen LogP) is 5.68. The van der Waals surface area contributed by atoms with Crippen LogP contribution in [-0.2, 0) is 4.79 Å². The van der Waals surface area contributed by atoms with E-state index in [-0.39, 0.29) is 5.78 Å². The lowest BCUT2D eigenvalue weighted by Gasteiger charge is -2.17. The average Bonchev–Trinajstić information content (AvgIpc) is 2.36. The van der Waals surface area contributed by atoms with Crippen LogP contribution in [0.3, 0.4) is 0 Å². The first kappa shape index (κ1) is 17.3. The fourth-order valence-corrected chi connectivity index (χ4v) is 3.94. The van der Waals surface area contributed by atoms with E-state index in [1.54, 1.807) is 6.92 Å². The Morgan fingerprint density at radius 3 is 2.50 bits per heavy atom. The molecule has 0 aromatic carbocycles. The Morgan fingerprint density at radius 1 is 1.30 bits per heavy atom. The van der Waals surface area contributed by atoms with E-state index < -0.39 is 0 Å². The Morgan fingerprint density at radius 2 is 1.95 bits per heavy atom. The van der Waals surface area contributed by atoms with Gasteiger partial charge in [-0.3, -0.25) is 4.79 Å². The van der Waals surface area contributed by atoms with Gasteiger partial charge in [0.2, 0.25) is 0 Å². The molecular formula is C18H28OS. The Kier molecular flexibility index (Phi) is 7.98. The molecule has 0 aliphatic heterocycles. The van der Waals surface area contributed by atoms with Crippen LogP contribution in [0.2, 0.25) is 0 Å². The zero-order valence-electron chi connectivity index (χ0n) is 13.3. The maximum atomic E-state index is 11.6. The third-order valence-corrected chi connectivity index (χ3v) is 4.87. The van der Waals surface area contributed by atoms with Crippen LogP contribution in [0.25, 0.3) is 0 Å². The van der Waals surface area contributed by atoms with Crippen molar-refractivity contribution < 1.29 is 4.79 Å². The van der Waals surface area contributed by atoms with Crippen molar-refractivity contribution in [2.75, 3.05) is 0 Å².